The van der Waals surface area contributed by atoms with Gasteiger partial charge in [-0.1, -0.05) is 49.6 Å². The van der Waals surface area contributed by atoms with Gasteiger partial charge < -0.3 is 5.11 Å². The molecule has 2 N–H and O–H groups in total. The van der Waals surface area contributed by atoms with Crippen LogP contribution in [0, 0.1) is 22.0 Å². The fourth-order valence-electron chi connectivity index (χ4n) is 4.25. The van der Waals surface area contributed by atoms with Gasteiger partial charge in [-0.05, 0) is 24.5 Å². The SMILES string of the molecule is CCCC/C=C/CCN1C(=O)C2C(C(=O)O)NC(c3ccc(Cl)c([N+](=O)[O-])c3)C2C1=O. The Labute approximate surface area is 184 Å². The smallest absolute Gasteiger partial charge is 0.321 e. The van der Waals surface area contributed by atoms with Crippen molar-refractivity contribution in [2.45, 2.75) is 44.7 Å². The molecule has 31 heavy (non-hydrogen) atoms. The number of halogens is 1. The Balaban J connectivity index is 1.85. The van der Waals surface area contributed by atoms with E-state index in [9.17, 15) is 29.6 Å². The summed E-state index contributed by atoms with van der Waals surface area (Å²) in [5.74, 6) is -4.24. The molecule has 2 aliphatic rings. The Morgan fingerprint density at radius 3 is 2.58 bits per heavy atom. The van der Waals surface area contributed by atoms with E-state index in [4.69, 9.17) is 11.6 Å². The first kappa shape index (κ1) is 22.9. The highest BCUT2D eigenvalue weighted by atomic mass is 35.5. The minimum atomic E-state index is -1.26. The number of rotatable bonds is 9. The monoisotopic (exact) mass is 449 g/mol. The number of likely N-dealkylation sites (tertiary alicyclic amines) is 1. The van der Waals surface area contributed by atoms with Crippen molar-refractivity contribution in [1.82, 2.24) is 10.2 Å². The van der Waals surface area contributed by atoms with Gasteiger partial charge in [-0.25, -0.2) is 0 Å². The largest absolute Gasteiger partial charge is 0.480 e. The van der Waals surface area contributed by atoms with Crippen molar-refractivity contribution in [1.29, 1.82) is 0 Å². The molecule has 2 amide bonds. The molecule has 4 atom stereocenters. The van der Waals surface area contributed by atoms with Gasteiger partial charge in [0.2, 0.25) is 11.8 Å². The van der Waals surface area contributed by atoms with E-state index in [-0.39, 0.29) is 17.3 Å². The zero-order valence-corrected chi connectivity index (χ0v) is 17.7. The molecular weight excluding hydrogens is 426 g/mol. The van der Waals surface area contributed by atoms with Crippen molar-refractivity contribution in [2.24, 2.45) is 11.8 Å². The summed E-state index contributed by atoms with van der Waals surface area (Å²) in [6, 6.07) is 1.96. The summed E-state index contributed by atoms with van der Waals surface area (Å²) in [5.41, 5.74) is -0.000511. The van der Waals surface area contributed by atoms with Crippen LogP contribution in [0.15, 0.2) is 30.4 Å². The molecule has 0 aliphatic carbocycles. The van der Waals surface area contributed by atoms with Crippen LogP contribution in [-0.2, 0) is 14.4 Å². The summed E-state index contributed by atoms with van der Waals surface area (Å²) in [7, 11) is 0. The third-order valence-corrected chi connectivity index (χ3v) is 6.09. The number of aliphatic carboxylic acids is 1. The molecule has 10 heteroatoms. The van der Waals surface area contributed by atoms with Crippen LogP contribution in [0.3, 0.4) is 0 Å². The van der Waals surface area contributed by atoms with E-state index in [1.165, 1.54) is 18.2 Å². The van der Waals surface area contributed by atoms with Crippen molar-refractivity contribution in [2.75, 3.05) is 6.54 Å². The van der Waals surface area contributed by atoms with E-state index in [0.29, 0.717) is 12.0 Å². The number of amides is 2. The Bertz CT molecular complexity index is 934. The van der Waals surface area contributed by atoms with E-state index >= 15 is 0 Å². The molecule has 0 radical (unpaired) electrons. The van der Waals surface area contributed by atoms with Crippen LogP contribution >= 0.6 is 11.6 Å². The van der Waals surface area contributed by atoms with E-state index in [1.807, 2.05) is 12.2 Å². The number of nitro groups is 1. The van der Waals surface area contributed by atoms with Crippen LogP contribution < -0.4 is 5.32 Å². The van der Waals surface area contributed by atoms with Crippen LogP contribution in [0.5, 0.6) is 0 Å². The number of carboxylic acid groups (broad SMARTS) is 1. The summed E-state index contributed by atoms with van der Waals surface area (Å²) in [6.07, 6.45) is 7.46. The lowest BCUT2D eigenvalue weighted by atomic mass is 9.86. The molecule has 0 spiro atoms. The van der Waals surface area contributed by atoms with Crippen LogP contribution in [0.4, 0.5) is 5.69 Å². The number of carboxylic acids is 1. The number of nitrogens with one attached hydrogen (secondary N) is 1. The highest BCUT2D eigenvalue weighted by molar-refractivity contribution is 6.32. The normalized spacial score (nSPS) is 25.4. The molecule has 0 saturated carbocycles. The highest BCUT2D eigenvalue weighted by Crippen LogP contribution is 2.45. The number of carbonyl (C=O) groups is 3. The number of hydrogen-bond acceptors (Lipinski definition) is 6. The number of fused-ring (bicyclic) bond motifs is 1. The van der Waals surface area contributed by atoms with Crippen LogP contribution in [-0.4, -0.2) is 45.3 Å². The summed E-state index contributed by atoms with van der Waals surface area (Å²) in [6.45, 7) is 2.26. The second kappa shape index (κ2) is 9.57. The molecule has 166 valence electrons. The summed E-state index contributed by atoms with van der Waals surface area (Å²) in [5, 5.41) is 23.6. The maximum absolute atomic E-state index is 13.1. The molecule has 1 aromatic rings. The van der Waals surface area contributed by atoms with E-state index in [2.05, 4.69) is 12.2 Å². The van der Waals surface area contributed by atoms with Gasteiger partial charge >= 0.3 is 5.97 Å². The van der Waals surface area contributed by atoms with Gasteiger partial charge in [0.15, 0.2) is 0 Å². The first-order valence-corrected chi connectivity index (χ1v) is 10.6. The van der Waals surface area contributed by atoms with Gasteiger partial charge in [0, 0.05) is 18.7 Å². The van der Waals surface area contributed by atoms with Crippen molar-refractivity contribution in [3.05, 3.63) is 51.1 Å². The number of nitrogens with zero attached hydrogens (tertiary/aromatic N) is 2. The summed E-state index contributed by atoms with van der Waals surface area (Å²) >= 11 is 5.87. The highest BCUT2D eigenvalue weighted by Gasteiger charge is 2.60. The summed E-state index contributed by atoms with van der Waals surface area (Å²) < 4.78 is 0. The molecule has 0 bridgehead atoms. The maximum atomic E-state index is 13.1. The van der Waals surface area contributed by atoms with Crippen LogP contribution in [0.1, 0.15) is 44.2 Å². The van der Waals surface area contributed by atoms with Gasteiger partial charge in [0.1, 0.15) is 11.1 Å². The molecular formula is C21H24ClN3O6. The van der Waals surface area contributed by atoms with E-state index < -0.39 is 46.6 Å². The second-order valence-corrected chi connectivity index (χ2v) is 8.12. The zero-order chi connectivity index (χ0) is 22.7. The number of imide groups is 1. The van der Waals surface area contributed by atoms with E-state index in [0.717, 1.165) is 24.2 Å². The van der Waals surface area contributed by atoms with Gasteiger partial charge in [0.25, 0.3) is 5.69 Å². The van der Waals surface area contributed by atoms with Crippen molar-refractivity contribution >= 4 is 35.1 Å². The minimum Gasteiger partial charge on any atom is -0.480 e. The van der Waals surface area contributed by atoms with E-state index in [1.54, 1.807) is 0 Å². The molecule has 3 rings (SSSR count). The molecule has 2 saturated heterocycles. The van der Waals surface area contributed by atoms with Crippen molar-refractivity contribution in [3.8, 4) is 0 Å². The molecule has 2 fully saturated rings. The lowest BCUT2D eigenvalue weighted by Gasteiger charge is -2.21. The molecule has 9 nitrogen and oxygen atoms in total. The van der Waals surface area contributed by atoms with Gasteiger partial charge in [0.05, 0.1) is 16.8 Å². The lowest BCUT2D eigenvalue weighted by Crippen LogP contribution is -2.43. The third-order valence-electron chi connectivity index (χ3n) is 5.77. The predicted octanol–water partition coefficient (Wildman–Crippen LogP) is 3.08. The number of nitro benzene ring substituents is 1. The maximum Gasteiger partial charge on any atom is 0.321 e. The van der Waals surface area contributed by atoms with Crippen LogP contribution in [0.25, 0.3) is 0 Å². The number of unbranched alkanes of at least 4 members (excludes halogenated alkanes) is 2. The van der Waals surface area contributed by atoms with Crippen molar-refractivity contribution in [3.63, 3.8) is 0 Å². The average molecular weight is 450 g/mol. The Morgan fingerprint density at radius 1 is 1.26 bits per heavy atom. The van der Waals surface area contributed by atoms with Gasteiger partial charge in [-0.15, -0.1) is 0 Å². The fraction of sp³-hybridized carbons (Fsp3) is 0.476. The summed E-state index contributed by atoms with van der Waals surface area (Å²) in [4.78, 5) is 49.5. The molecule has 0 aromatic heterocycles. The number of allylic oxidation sites excluding steroid dienone is 1. The number of benzene rings is 1. The standard InChI is InChI=1S/C21H24ClN3O6/c1-2-3-4-5-6-7-10-24-19(26)15-16(20(24)27)18(21(28)29)23-17(15)12-8-9-13(22)14(11-12)25(30)31/h5-6,8-9,11,15-18,23H,2-4,7,10H2,1H3,(H,28,29)/b6-5+. The molecule has 2 heterocycles. The molecule has 2 aliphatic heterocycles. The average Bonchev–Trinajstić information content (AvgIpc) is 3.23. The Kier molecular flexibility index (Phi) is 7.07. The minimum absolute atomic E-state index is 0.0663. The third kappa shape index (κ3) is 4.47. The second-order valence-electron chi connectivity index (χ2n) is 7.71. The topological polar surface area (TPSA) is 130 Å². The molecule has 4 unspecified atom stereocenters. The fourth-order valence-corrected chi connectivity index (χ4v) is 4.44. The first-order valence-electron chi connectivity index (χ1n) is 10.2. The quantitative estimate of drug-likeness (QED) is 0.195. The lowest BCUT2D eigenvalue weighted by molar-refractivity contribution is -0.384. The van der Waals surface area contributed by atoms with Gasteiger partial charge in [-0.3, -0.25) is 34.7 Å². The number of carbonyl (C=O) groups excluding carboxylic acids is 2. The number of hydrogen-bond donors (Lipinski definition) is 2. The van der Waals surface area contributed by atoms with Crippen molar-refractivity contribution < 1.29 is 24.4 Å². The molecule has 1 aromatic carbocycles. The Morgan fingerprint density at radius 2 is 1.94 bits per heavy atom. The van der Waals surface area contributed by atoms with Gasteiger partial charge in [-0.2, -0.15) is 0 Å². The zero-order valence-electron chi connectivity index (χ0n) is 17.0. The predicted molar refractivity (Wildman–Crippen MR) is 112 cm³/mol. The van der Waals surface area contributed by atoms with Crippen LogP contribution in [0.2, 0.25) is 5.02 Å². The first-order chi connectivity index (χ1) is 14.8. The Hall–Kier alpha value is -2.78.